The first-order valence-electron chi connectivity index (χ1n) is 9.06. The monoisotopic (exact) mass is 422 g/mol. The number of hydrogen-bond acceptors (Lipinski definition) is 4. The van der Waals surface area contributed by atoms with Gasteiger partial charge in [0.1, 0.15) is 24.0 Å². The van der Waals surface area contributed by atoms with Crippen LogP contribution in [0.1, 0.15) is 11.1 Å². The van der Waals surface area contributed by atoms with E-state index in [1.165, 1.54) is 24.3 Å². The quantitative estimate of drug-likeness (QED) is 0.545. The minimum absolute atomic E-state index is 0.0545. The maximum absolute atomic E-state index is 14.1. The van der Waals surface area contributed by atoms with Crippen LogP contribution < -0.4 is 9.64 Å². The standard InChI is InChI=1S/C23H16F2N2O2S/c24-18-6-2-1-5-16(18)14-29-17-11-9-15(10-12-17)13-21-22(28)27(23(26)30-21)20-8-4-3-7-19(20)25/h1-13,26H,14H2. The molecule has 1 aliphatic heterocycles. The second-order valence-electron chi connectivity index (χ2n) is 6.46. The molecule has 1 N–H and O–H groups in total. The minimum Gasteiger partial charge on any atom is -0.489 e. The lowest BCUT2D eigenvalue weighted by atomic mass is 10.2. The Morgan fingerprint density at radius 3 is 2.30 bits per heavy atom. The number of hydrogen-bond donors (Lipinski definition) is 1. The van der Waals surface area contributed by atoms with Crippen LogP contribution in [0.3, 0.4) is 0 Å². The number of carbonyl (C=O) groups is 1. The van der Waals surface area contributed by atoms with Crippen molar-refractivity contribution in [2.45, 2.75) is 6.61 Å². The van der Waals surface area contributed by atoms with Crippen LogP contribution in [0.5, 0.6) is 5.75 Å². The van der Waals surface area contributed by atoms with Crippen LogP contribution in [0.15, 0.2) is 77.7 Å². The van der Waals surface area contributed by atoms with Crippen molar-refractivity contribution in [1.29, 1.82) is 5.41 Å². The number of ether oxygens (including phenoxy) is 1. The number of anilines is 1. The van der Waals surface area contributed by atoms with E-state index in [4.69, 9.17) is 10.1 Å². The van der Waals surface area contributed by atoms with E-state index >= 15 is 0 Å². The van der Waals surface area contributed by atoms with Crippen LogP contribution >= 0.6 is 11.8 Å². The Kier molecular flexibility index (Phi) is 5.63. The van der Waals surface area contributed by atoms with Gasteiger partial charge in [-0.25, -0.2) is 8.78 Å². The molecule has 4 nitrogen and oxygen atoms in total. The number of thioether (sulfide) groups is 1. The van der Waals surface area contributed by atoms with Gasteiger partial charge in [-0.2, -0.15) is 0 Å². The molecule has 7 heteroatoms. The maximum atomic E-state index is 14.1. The fourth-order valence-electron chi connectivity index (χ4n) is 2.93. The van der Waals surface area contributed by atoms with Gasteiger partial charge in [0, 0.05) is 5.56 Å². The second kappa shape index (κ2) is 8.51. The van der Waals surface area contributed by atoms with Crippen LogP contribution in [-0.4, -0.2) is 11.1 Å². The van der Waals surface area contributed by atoms with Crippen molar-refractivity contribution in [1.82, 2.24) is 0 Å². The summed E-state index contributed by atoms with van der Waals surface area (Å²) in [7, 11) is 0. The zero-order valence-corrected chi connectivity index (χ0v) is 16.5. The molecule has 3 aromatic carbocycles. The lowest BCUT2D eigenvalue weighted by Crippen LogP contribution is -2.28. The van der Waals surface area contributed by atoms with E-state index in [2.05, 4.69) is 0 Å². The molecule has 1 fully saturated rings. The van der Waals surface area contributed by atoms with Gasteiger partial charge in [-0.1, -0.05) is 42.5 Å². The lowest BCUT2D eigenvalue weighted by Gasteiger charge is -2.14. The van der Waals surface area contributed by atoms with E-state index in [1.807, 2.05) is 0 Å². The van der Waals surface area contributed by atoms with Crippen molar-refractivity contribution in [2.75, 3.05) is 4.90 Å². The predicted molar refractivity (Wildman–Crippen MR) is 114 cm³/mol. The SMILES string of the molecule is N=C1SC(=Cc2ccc(OCc3ccccc3F)cc2)C(=O)N1c1ccccc1F. The van der Waals surface area contributed by atoms with Gasteiger partial charge in [0.25, 0.3) is 5.91 Å². The number of nitrogens with zero attached hydrogens (tertiary/aromatic N) is 1. The summed E-state index contributed by atoms with van der Waals surface area (Å²) in [4.78, 5) is 14.1. The van der Waals surface area contributed by atoms with Crippen molar-refractivity contribution >= 4 is 34.6 Å². The van der Waals surface area contributed by atoms with Crippen LogP contribution in [0.4, 0.5) is 14.5 Å². The minimum atomic E-state index is -0.561. The predicted octanol–water partition coefficient (Wildman–Crippen LogP) is 5.60. The molecule has 0 atom stereocenters. The molecule has 3 aromatic rings. The Labute approximate surface area is 176 Å². The molecular formula is C23H16F2N2O2S. The van der Waals surface area contributed by atoms with Crippen LogP contribution in [0.2, 0.25) is 0 Å². The normalized spacial score (nSPS) is 15.1. The maximum Gasteiger partial charge on any atom is 0.271 e. The van der Waals surface area contributed by atoms with Crippen molar-refractivity contribution in [3.8, 4) is 5.75 Å². The van der Waals surface area contributed by atoms with Crippen molar-refractivity contribution in [3.05, 3.63) is 100 Å². The molecule has 150 valence electrons. The third-order valence-corrected chi connectivity index (χ3v) is 5.34. The molecule has 30 heavy (non-hydrogen) atoms. The van der Waals surface area contributed by atoms with Crippen LogP contribution in [0.25, 0.3) is 6.08 Å². The summed E-state index contributed by atoms with van der Waals surface area (Å²) in [5.41, 5.74) is 1.25. The number of halogens is 2. The number of rotatable bonds is 5. The number of para-hydroxylation sites is 1. The summed E-state index contributed by atoms with van der Waals surface area (Å²) in [5.74, 6) is -0.771. The summed E-state index contributed by atoms with van der Waals surface area (Å²) < 4.78 is 33.3. The number of amidine groups is 1. The number of benzene rings is 3. The molecule has 1 saturated heterocycles. The fraction of sp³-hybridized carbons (Fsp3) is 0.0435. The molecule has 0 unspecified atom stereocenters. The van der Waals surface area contributed by atoms with E-state index in [-0.39, 0.29) is 23.3 Å². The van der Waals surface area contributed by atoms with E-state index in [0.29, 0.717) is 16.2 Å². The Morgan fingerprint density at radius 2 is 1.60 bits per heavy atom. The highest BCUT2D eigenvalue weighted by molar-refractivity contribution is 8.19. The van der Waals surface area contributed by atoms with E-state index < -0.39 is 11.7 Å². The molecule has 0 aromatic heterocycles. The van der Waals surface area contributed by atoms with Crippen LogP contribution in [-0.2, 0) is 11.4 Å². The highest BCUT2D eigenvalue weighted by Gasteiger charge is 2.34. The van der Waals surface area contributed by atoms with Gasteiger partial charge in [-0.3, -0.25) is 15.1 Å². The fourth-order valence-corrected chi connectivity index (χ4v) is 3.78. The smallest absolute Gasteiger partial charge is 0.271 e. The zero-order valence-electron chi connectivity index (χ0n) is 15.6. The summed E-state index contributed by atoms with van der Waals surface area (Å²) in [6.45, 7) is 0.107. The van der Waals surface area contributed by atoms with Crippen molar-refractivity contribution in [3.63, 3.8) is 0 Å². The highest BCUT2D eigenvalue weighted by Crippen LogP contribution is 2.36. The summed E-state index contributed by atoms with van der Waals surface area (Å²) in [5, 5.41) is 8.01. The molecule has 1 amide bonds. The Morgan fingerprint density at radius 1 is 0.933 bits per heavy atom. The molecule has 0 saturated carbocycles. The van der Waals surface area contributed by atoms with Gasteiger partial charge in [-0.05, 0) is 53.7 Å². The molecule has 0 bridgehead atoms. The van der Waals surface area contributed by atoms with E-state index in [0.717, 1.165) is 22.2 Å². The second-order valence-corrected chi connectivity index (χ2v) is 7.49. The molecule has 0 aliphatic carbocycles. The first kappa shape index (κ1) is 19.8. The van der Waals surface area contributed by atoms with E-state index in [1.54, 1.807) is 54.6 Å². The van der Waals surface area contributed by atoms with Gasteiger partial charge in [0.2, 0.25) is 0 Å². The molecule has 4 rings (SSSR count). The molecular weight excluding hydrogens is 406 g/mol. The number of carbonyl (C=O) groups excluding carboxylic acids is 1. The number of nitrogens with one attached hydrogen (secondary N) is 1. The Hall–Kier alpha value is -3.45. The molecule has 0 spiro atoms. The van der Waals surface area contributed by atoms with Gasteiger partial charge >= 0.3 is 0 Å². The van der Waals surface area contributed by atoms with Crippen LogP contribution in [0, 0.1) is 17.0 Å². The molecule has 1 heterocycles. The third kappa shape index (κ3) is 4.11. The average molecular weight is 422 g/mol. The van der Waals surface area contributed by atoms with Gasteiger partial charge < -0.3 is 4.74 Å². The topological polar surface area (TPSA) is 53.4 Å². The Bertz CT molecular complexity index is 1150. The average Bonchev–Trinajstić information content (AvgIpc) is 3.02. The van der Waals surface area contributed by atoms with Gasteiger partial charge in [0.15, 0.2) is 5.17 Å². The number of amides is 1. The third-order valence-electron chi connectivity index (χ3n) is 4.45. The lowest BCUT2D eigenvalue weighted by molar-refractivity contribution is -0.113. The summed E-state index contributed by atoms with van der Waals surface area (Å²) >= 11 is 0.975. The van der Waals surface area contributed by atoms with Crippen molar-refractivity contribution in [2.24, 2.45) is 0 Å². The van der Waals surface area contributed by atoms with Crippen molar-refractivity contribution < 1.29 is 18.3 Å². The summed E-state index contributed by atoms with van der Waals surface area (Å²) in [6, 6.07) is 19.2. The molecule has 0 radical (unpaired) electrons. The molecule has 1 aliphatic rings. The largest absolute Gasteiger partial charge is 0.489 e. The Balaban J connectivity index is 1.47. The first-order valence-corrected chi connectivity index (χ1v) is 9.88. The van der Waals surface area contributed by atoms with E-state index in [9.17, 15) is 13.6 Å². The first-order chi connectivity index (χ1) is 14.5. The zero-order chi connectivity index (χ0) is 21.1. The highest BCUT2D eigenvalue weighted by atomic mass is 32.2. The van der Waals surface area contributed by atoms with Gasteiger partial charge in [-0.15, -0.1) is 0 Å². The van der Waals surface area contributed by atoms with Gasteiger partial charge in [0.05, 0.1) is 10.6 Å². The summed E-state index contributed by atoms with van der Waals surface area (Å²) in [6.07, 6.45) is 1.64.